The van der Waals surface area contributed by atoms with E-state index < -0.39 is 0 Å². The molecule has 0 radical (unpaired) electrons. The van der Waals surface area contributed by atoms with Crippen LogP contribution in [0.1, 0.15) is 18.4 Å². The normalized spacial score (nSPS) is 26.5. The van der Waals surface area contributed by atoms with E-state index in [1.165, 1.54) is 5.57 Å². The molecule has 4 rings (SSSR count). The standard InChI is InChI=1S/C20H21ClN2O/c21-17-3-1-2-14(11-17)16-10-15-4-7-23-13-19(15)20(12-16)24-18-5-8-22-9-6-18/h1-4,7,10-13,15,18-19,22H,5-6,8-9H2/t15?,19-/m1/s1. The molecule has 0 spiro atoms. The van der Waals surface area contributed by atoms with Crippen molar-refractivity contribution in [1.82, 2.24) is 5.32 Å². The van der Waals surface area contributed by atoms with E-state index in [1.54, 1.807) is 0 Å². The molecular formula is C20H21ClN2O. The van der Waals surface area contributed by atoms with Gasteiger partial charge in [0.25, 0.3) is 0 Å². The van der Waals surface area contributed by atoms with Gasteiger partial charge in [-0.3, -0.25) is 4.99 Å². The Bertz CT molecular complexity index is 729. The Morgan fingerprint density at radius 3 is 2.92 bits per heavy atom. The third kappa shape index (κ3) is 3.33. The van der Waals surface area contributed by atoms with E-state index in [2.05, 4.69) is 34.6 Å². The number of piperidine rings is 1. The molecule has 24 heavy (non-hydrogen) atoms. The van der Waals surface area contributed by atoms with Gasteiger partial charge in [-0.2, -0.15) is 0 Å². The van der Waals surface area contributed by atoms with Crippen LogP contribution < -0.4 is 5.32 Å². The number of halogens is 1. The molecule has 1 aromatic rings. The Morgan fingerprint density at radius 2 is 2.08 bits per heavy atom. The molecule has 124 valence electrons. The van der Waals surface area contributed by atoms with E-state index in [0.29, 0.717) is 0 Å². The first kappa shape index (κ1) is 15.7. The van der Waals surface area contributed by atoms with Gasteiger partial charge in [0.05, 0.1) is 5.92 Å². The van der Waals surface area contributed by atoms with Crippen LogP contribution in [0, 0.1) is 11.8 Å². The second kappa shape index (κ2) is 6.96. The predicted octanol–water partition coefficient (Wildman–Crippen LogP) is 4.22. The van der Waals surface area contributed by atoms with Crippen molar-refractivity contribution in [2.45, 2.75) is 18.9 Å². The highest BCUT2D eigenvalue weighted by Crippen LogP contribution is 2.37. The number of aliphatic imine (C=N–C) groups is 1. The van der Waals surface area contributed by atoms with Crippen LogP contribution in [0.15, 0.2) is 59.4 Å². The quantitative estimate of drug-likeness (QED) is 0.893. The van der Waals surface area contributed by atoms with Crippen LogP contribution in [0.5, 0.6) is 0 Å². The van der Waals surface area contributed by atoms with Crippen molar-refractivity contribution in [3.05, 3.63) is 65.0 Å². The average Bonchev–Trinajstić information content (AvgIpc) is 2.62. The molecule has 3 aliphatic rings. The Balaban J connectivity index is 1.65. The lowest BCUT2D eigenvalue weighted by Gasteiger charge is -2.32. The van der Waals surface area contributed by atoms with Crippen molar-refractivity contribution in [2.75, 3.05) is 13.1 Å². The van der Waals surface area contributed by atoms with Crippen molar-refractivity contribution in [3.63, 3.8) is 0 Å². The first-order valence-electron chi connectivity index (χ1n) is 8.56. The van der Waals surface area contributed by atoms with Gasteiger partial charge >= 0.3 is 0 Å². The lowest BCUT2D eigenvalue weighted by Crippen LogP contribution is -2.34. The maximum atomic E-state index is 6.41. The molecule has 0 aromatic heterocycles. The summed E-state index contributed by atoms with van der Waals surface area (Å²) in [5, 5.41) is 4.14. The van der Waals surface area contributed by atoms with E-state index >= 15 is 0 Å². The first-order chi connectivity index (χ1) is 11.8. The van der Waals surface area contributed by atoms with Gasteiger partial charge in [0, 0.05) is 23.4 Å². The number of ether oxygens (including phenoxy) is 1. The molecule has 0 bridgehead atoms. The highest BCUT2D eigenvalue weighted by Gasteiger charge is 2.29. The van der Waals surface area contributed by atoms with E-state index in [0.717, 1.165) is 42.3 Å². The molecule has 2 heterocycles. The molecule has 3 nitrogen and oxygen atoms in total. The van der Waals surface area contributed by atoms with Crippen molar-refractivity contribution < 1.29 is 4.74 Å². The topological polar surface area (TPSA) is 33.6 Å². The highest BCUT2D eigenvalue weighted by molar-refractivity contribution is 6.30. The molecule has 2 aliphatic heterocycles. The fourth-order valence-electron chi connectivity index (χ4n) is 3.50. The zero-order chi connectivity index (χ0) is 16.4. The maximum Gasteiger partial charge on any atom is 0.106 e. The molecule has 0 amide bonds. The summed E-state index contributed by atoms with van der Waals surface area (Å²) in [5.74, 6) is 1.52. The third-order valence-electron chi connectivity index (χ3n) is 4.80. The zero-order valence-electron chi connectivity index (χ0n) is 13.5. The third-order valence-corrected chi connectivity index (χ3v) is 5.04. The van der Waals surface area contributed by atoms with Crippen LogP contribution in [-0.4, -0.2) is 25.4 Å². The van der Waals surface area contributed by atoms with E-state index in [1.807, 2.05) is 30.6 Å². The monoisotopic (exact) mass is 340 g/mol. The second-order valence-electron chi connectivity index (χ2n) is 6.49. The number of hydrogen-bond donors (Lipinski definition) is 1. The summed E-state index contributed by atoms with van der Waals surface area (Å²) in [6.45, 7) is 2.05. The Hall–Kier alpha value is -1.84. The van der Waals surface area contributed by atoms with Crippen LogP contribution in [0.25, 0.3) is 5.57 Å². The van der Waals surface area contributed by atoms with Crippen molar-refractivity contribution in [2.24, 2.45) is 16.8 Å². The minimum atomic E-state index is 0.202. The molecule has 0 saturated carbocycles. The van der Waals surface area contributed by atoms with Gasteiger partial charge in [0.15, 0.2) is 0 Å². The number of hydrogen-bond acceptors (Lipinski definition) is 3. The molecule has 1 N–H and O–H groups in total. The molecule has 2 atom stereocenters. The summed E-state index contributed by atoms with van der Waals surface area (Å²) in [6.07, 6.45) is 12.9. The van der Waals surface area contributed by atoms with Crippen LogP contribution in [-0.2, 0) is 4.74 Å². The molecule has 1 aromatic carbocycles. The van der Waals surface area contributed by atoms with Crippen molar-refractivity contribution >= 4 is 23.4 Å². The van der Waals surface area contributed by atoms with Crippen LogP contribution in [0.3, 0.4) is 0 Å². The van der Waals surface area contributed by atoms with E-state index in [4.69, 9.17) is 16.3 Å². The van der Waals surface area contributed by atoms with Crippen LogP contribution in [0.4, 0.5) is 0 Å². The van der Waals surface area contributed by atoms with Crippen LogP contribution in [0.2, 0.25) is 5.02 Å². The molecule has 1 fully saturated rings. The van der Waals surface area contributed by atoms with Gasteiger partial charge < -0.3 is 10.1 Å². The van der Waals surface area contributed by atoms with Gasteiger partial charge in [-0.25, -0.2) is 0 Å². The molecular weight excluding hydrogens is 320 g/mol. The fraction of sp³-hybridized carbons (Fsp3) is 0.350. The smallest absolute Gasteiger partial charge is 0.106 e. The lowest BCUT2D eigenvalue weighted by molar-refractivity contribution is 0.0735. The molecule has 1 unspecified atom stereocenters. The molecule has 1 saturated heterocycles. The van der Waals surface area contributed by atoms with Gasteiger partial charge in [-0.05, 0) is 55.3 Å². The second-order valence-corrected chi connectivity index (χ2v) is 6.93. The molecule has 4 heteroatoms. The average molecular weight is 341 g/mol. The van der Waals surface area contributed by atoms with Gasteiger partial charge in [0.1, 0.15) is 11.9 Å². The number of allylic oxidation sites excluding steroid dienone is 5. The number of rotatable bonds is 3. The zero-order valence-corrected chi connectivity index (χ0v) is 14.2. The first-order valence-corrected chi connectivity index (χ1v) is 8.94. The van der Waals surface area contributed by atoms with Gasteiger partial charge in [-0.15, -0.1) is 0 Å². The summed E-state index contributed by atoms with van der Waals surface area (Å²) >= 11 is 6.17. The number of fused-ring (bicyclic) bond motifs is 1. The van der Waals surface area contributed by atoms with Gasteiger partial charge in [0.2, 0.25) is 0 Å². The minimum Gasteiger partial charge on any atom is -0.494 e. The number of nitrogens with zero attached hydrogens (tertiary/aromatic N) is 1. The van der Waals surface area contributed by atoms with Gasteiger partial charge in [-0.1, -0.05) is 35.9 Å². The molecule has 1 aliphatic carbocycles. The number of nitrogens with one attached hydrogen (secondary N) is 1. The summed E-state index contributed by atoms with van der Waals surface area (Å²) in [5.41, 5.74) is 2.30. The van der Waals surface area contributed by atoms with Crippen molar-refractivity contribution in [1.29, 1.82) is 0 Å². The Kier molecular flexibility index (Phi) is 4.54. The summed E-state index contributed by atoms with van der Waals surface area (Å²) in [6, 6.07) is 7.99. The fourth-order valence-corrected chi connectivity index (χ4v) is 3.69. The largest absolute Gasteiger partial charge is 0.494 e. The Labute approximate surface area is 147 Å². The SMILES string of the molecule is Clc1cccc(C2=CC3C=CN=C[C@H]3C(OC3CCNCC3)=C2)c1. The van der Waals surface area contributed by atoms with Crippen molar-refractivity contribution in [3.8, 4) is 0 Å². The predicted molar refractivity (Wildman–Crippen MR) is 99.1 cm³/mol. The van der Waals surface area contributed by atoms with Crippen LogP contribution >= 0.6 is 11.6 Å². The van der Waals surface area contributed by atoms with E-state index in [-0.39, 0.29) is 17.9 Å². The van der Waals surface area contributed by atoms with E-state index in [9.17, 15) is 0 Å². The summed E-state index contributed by atoms with van der Waals surface area (Å²) < 4.78 is 6.41. The number of benzene rings is 1. The summed E-state index contributed by atoms with van der Waals surface area (Å²) in [4.78, 5) is 4.33. The highest BCUT2D eigenvalue weighted by atomic mass is 35.5. The minimum absolute atomic E-state index is 0.202. The lowest BCUT2D eigenvalue weighted by atomic mass is 9.82. The summed E-state index contributed by atoms with van der Waals surface area (Å²) in [7, 11) is 0. The Morgan fingerprint density at radius 1 is 1.21 bits per heavy atom. The maximum absolute atomic E-state index is 6.41.